The first-order valence-electron chi connectivity index (χ1n) is 8.10. The Bertz CT molecular complexity index is 498. The van der Waals surface area contributed by atoms with Gasteiger partial charge in [0.2, 0.25) is 0 Å². The lowest BCUT2D eigenvalue weighted by Crippen LogP contribution is -2.55. The fraction of sp³-hybridized carbons (Fsp3) is 0.750. The summed E-state index contributed by atoms with van der Waals surface area (Å²) in [5, 5.41) is 7.76. The molecule has 0 spiro atoms. The maximum absolute atomic E-state index is 13.3. The summed E-state index contributed by atoms with van der Waals surface area (Å²) in [6.07, 6.45) is 7.62. The van der Waals surface area contributed by atoms with Crippen molar-refractivity contribution in [3.8, 4) is 0 Å². The Hall–Kier alpha value is -1.07. The lowest BCUT2D eigenvalue weighted by atomic mass is 9.85. The minimum absolute atomic E-state index is 0. The number of likely N-dealkylation sites (tertiary alicyclic amines) is 1. The van der Waals surface area contributed by atoms with E-state index in [0.717, 1.165) is 51.9 Å². The van der Waals surface area contributed by atoms with Crippen LogP contribution in [0.3, 0.4) is 0 Å². The second kappa shape index (κ2) is 6.59. The number of carbonyl (C=O) groups excluding carboxylic acids is 1. The summed E-state index contributed by atoms with van der Waals surface area (Å²) in [5.41, 5.74) is -0.193. The molecule has 6 heteroatoms. The van der Waals surface area contributed by atoms with Crippen LogP contribution in [0.4, 0.5) is 0 Å². The van der Waals surface area contributed by atoms with Crippen molar-refractivity contribution in [2.45, 2.75) is 45.1 Å². The Morgan fingerprint density at radius 2 is 2.05 bits per heavy atom. The first-order chi connectivity index (χ1) is 10.1. The van der Waals surface area contributed by atoms with Gasteiger partial charge in [-0.2, -0.15) is 5.10 Å². The molecular formula is C16H27ClN4O. The third-order valence-corrected chi connectivity index (χ3v) is 5.47. The van der Waals surface area contributed by atoms with Crippen molar-refractivity contribution in [1.82, 2.24) is 20.0 Å². The summed E-state index contributed by atoms with van der Waals surface area (Å²) >= 11 is 0. The zero-order valence-corrected chi connectivity index (χ0v) is 14.4. The van der Waals surface area contributed by atoms with E-state index < -0.39 is 5.54 Å². The minimum Gasteiger partial charge on any atom is -0.340 e. The van der Waals surface area contributed by atoms with Gasteiger partial charge in [0, 0.05) is 25.5 Å². The number of rotatable bonds is 3. The van der Waals surface area contributed by atoms with Crippen LogP contribution in [0, 0.1) is 5.41 Å². The predicted molar refractivity (Wildman–Crippen MR) is 89.1 cm³/mol. The molecule has 3 heterocycles. The molecule has 2 aliphatic heterocycles. The molecule has 0 aliphatic carbocycles. The van der Waals surface area contributed by atoms with Gasteiger partial charge in [0.25, 0.3) is 5.91 Å². The maximum atomic E-state index is 13.3. The van der Waals surface area contributed by atoms with Crippen LogP contribution < -0.4 is 5.32 Å². The highest BCUT2D eigenvalue weighted by atomic mass is 35.5. The molecule has 1 amide bonds. The van der Waals surface area contributed by atoms with E-state index in [1.165, 1.54) is 0 Å². The first kappa shape index (κ1) is 17.3. The van der Waals surface area contributed by atoms with Crippen LogP contribution in [-0.2, 0) is 10.3 Å². The molecule has 2 fully saturated rings. The summed E-state index contributed by atoms with van der Waals surface area (Å²) in [5.74, 6) is 0.268. The number of amides is 1. The highest BCUT2D eigenvalue weighted by molar-refractivity contribution is 5.85. The lowest BCUT2D eigenvalue weighted by Gasteiger charge is -2.39. The van der Waals surface area contributed by atoms with E-state index >= 15 is 0 Å². The fourth-order valence-corrected chi connectivity index (χ4v) is 3.68. The summed E-state index contributed by atoms with van der Waals surface area (Å²) in [6, 6.07) is 1.91. The van der Waals surface area contributed by atoms with Crippen LogP contribution in [-0.4, -0.2) is 46.8 Å². The topological polar surface area (TPSA) is 50.2 Å². The number of carbonyl (C=O) groups is 1. The van der Waals surface area contributed by atoms with Crippen molar-refractivity contribution in [2.75, 3.05) is 26.2 Å². The zero-order valence-electron chi connectivity index (χ0n) is 13.5. The Labute approximate surface area is 138 Å². The van der Waals surface area contributed by atoms with Gasteiger partial charge >= 0.3 is 0 Å². The van der Waals surface area contributed by atoms with Crippen molar-refractivity contribution in [3.63, 3.8) is 0 Å². The molecule has 0 saturated carbocycles. The fourth-order valence-electron chi connectivity index (χ4n) is 3.68. The van der Waals surface area contributed by atoms with Crippen molar-refractivity contribution in [1.29, 1.82) is 0 Å². The van der Waals surface area contributed by atoms with E-state index in [1.807, 2.05) is 16.9 Å². The molecule has 1 aromatic rings. The number of piperidine rings is 1. The van der Waals surface area contributed by atoms with Gasteiger partial charge in [-0.15, -0.1) is 12.4 Å². The summed E-state index contributed by atoms with van der Waals surface area (Å²) in [4.78, 5) is 15.3. The molecule has 2 aliphatic rings. The number of hydrogen-bond acceptors (Lipinski definition) is 3. The van der Waals surface area contributed by atoms with E-state index in [-0.39, 0.29) is 23.7 Å². The molecule has 0 radical (unpaired) electrons. The first-order valence-corrected chi connectivity index (χ1v) is 8.10. The molecule has 3 rings (SSSR count). The number of halogens is 1. The van der Waals surface area contributed by atoms with Crippen LogP contribution in [0.25, 0.3) is 0 Å². The Balaban J connectivity index is 0.00000176. The van der Waals surface area contributed by atoms with E-state index in [4.69, 9.17) is 0 Å². The Morgan fingerprint density at radius 3 is 2.59 bits per heavy atom. The van der Waals surface area contributed by atoms with Crippen LogP contribution >= 0.6 is 12.4 Å². The number of nitrogens with one attached hydrogen (secondary N) is 1. The largest absolute Gasteiger partial charge is 0.340 e. The summed E-state index contributed by atoms with van der Waals surface area (Å²) in [6.45, 7) is 8.05. The molecule has 1 atom stereocenters. The molecule has 22 heavy (non-hydrogen) atoms. The van der Waals surface area contributed by atoms with E-state index in [9.17, 15) is 4.79 Å². The molecule has 1 unspecified atom stereocenters. The van der Waals surface area contributed by atoms with Crippen molar-refractivity contribution >= 4 is 18.3 Å². The highest BCUT2D eigenvalue weighted by Gasteiger charge is 2.47. The van der Waals surface area contributed by atoms with Gasteiger partial charge in [-0.3, -0.25) is 9.48 Å². The molecule has 2 saturated heterocycles. The van der Waals surface area contributed by atoms with Gasteiger partial charge in [0.05, 0.1) is 0 Å². The molecular weight excluding hydrogens is 300 g/mol. The van der Waals surface area contributed by atoms with Gasteiger partial charge in [0.15, 0.2) is 0 Å². The van der Waals surface area contributed by atoms with Gasteiger partial charge < -0.3 is 10.2 Å². The van der Waals surface area contributed by atoms with Gasteiger partial charge in [-0.05, 0) is 50.3 Å². The molecule has 1 N–H and O–H groups in total. The zero-order chi connectivity index (χ0) is 14.9. The average molecular weight is 327 g/mol. The quantitative estimate of drug-likeness (QED) is 0.924. The van der Waals surface area contributed by atoms with E-state index in [1.54, 1.807) is 6.20 Å². The average Bonchev–Trinajstić information content (AvgIpc) is 3.18. The van der Waals surface area contributed by atoms with Crippen LogP contribution in [0.5, 0.6) is 0 Å². The summed E-state index contributed by atoms with van der Waals surface area (Å²) < 4.78 is 1.90. The van der Waals surface area contributed by atoms with Crippen molar-refractivity contribution in [2.24, 2.45) is 5.41 Å². The second-order valence-corrected chi connectivity index (χ2v) is 6.87. The van der Waals surface area contributed by atoms with Crippen molar-refractivity contribution < 1.29 is 4.79 Å². The normalized spacial score (nSPS) is 27.5. The van der Waals surface area contributed by atoms with E-state index in [2.05, 4.69) is 29.2 Å². The SMILES string of the molecule is CCC1(C)CCN(C(=O)C2(n3cccn3)CCNCC2)C1.Cl. The molecule has 0 aromatic carbocycles. The lowest BCUT2D eigenvalue weighted by molar-refractivity contribution is -0.142. The minimum atomic E-state index is -0.478. The Kier molecular flexibility index (Phi) is 5.17. The highest BCUT2D eigenvalue weighted by Crippen LogP contribution is 2.37. The third kappa shape index (κ3) is 2.88. The Morgan fingerprint density at radius 1 is 1.32 bits per heavy atom. The van der Waals surface area contributed by atoms with Crippen LogP contribution in [0.1, 0.15) is 39.5 Å². The van der Waals surface area contributed by atoms with Gasteiger partial charge in [-0.25, -0.2) is 0 Å². The predicted octanol–water partition coefficient (Wildman–Crippen LogP) is 2.03. The second-order valence-electron chi connectivity index (χ2n) is 6.87. The molecule has 0 bridgehead atoms. The number of nitrogens with zero attached hydrogens (tertiary/aromatic N) is 3. The van der Waals surface area contributed by atoms with Crippen LogP contribution in [0.2, 0.25) is 0 Å². The summed E-state index contributed by atoms with van der Waals surface area (Å²) in [7, 11) is 0. The smallest absolute Gasteiger partial charge is 0.250 e. The van der Waals surface area contributed by atoms with Crippen LogP contribution in [0.15, 0.2) is 18.5 Å². The number of aromatic nitrogens is 2. The number of hydrogen-bond donors (Lipinski definition) is 1. The van der Waals surface area contributed by atoms with Gasteiger partial charge in [0.1, 0.15) is 5.54 Å². The van der Waals surface area contributed by atoms with Gasteiger partial charge in [-0.1, -0.05) is 13.8 Å². The van der Waals surface area contributed by atoms with Crippen molar-refractivity contribution in [3.05, 3.63) is 18.5 Å². The molecule has 5 nitrogen and oxygen atoms in total. The monoisotopic (exact) mass is 326 g/mol. The standard InChI is InChI=1S/C16H26N4O.ClH/c1-3-15(2)7-12-19(13-15)14(21)16(5-9-17-10-6-16)20-11-4-8-18-20;/h4,8,11,17H,3,5-7,9-10,12-13H2,1-2H3;1H. The third-order valence-electron chi connectivity index (χ3n) is 5.47. The van der Waals surface area contributed by atoms with E-state index in [0.29, 0.717) is 0 Å². The maximum Gasteiger partial charge on any atom is 0.250 e. The molecule has 124 valence electrons. The molecule has 1 aromatic heterocycles.